The summed E-state index contributed by atoms with van der Waals surface area (Å²) in [5.74, 6) is -0.526. The summed E-state index contributed by atoms with van der Waals surface area (Å²) < 4.78 is 11.2. The summed E-state index contributed by atoms with van der Waals surface area (Å²) in [7, 11) is 0. The zero-order chi connectivity index (χ0) is 33.5. The number of nitrogens with one attached hydrogen (secondary N) is 1. The Balaban J connectivity index is 1.12. The number of amides is 2. The molecule has 4 aromatic carbocycles. The average molecular weight is 683 g/mol. The number of halogens is 2. The van der Waals surface area contributed by atoms with E-state index in [0.29, 0.717) is 53.8 Å². The molecule has 242 valence electrons. The fourth-order valence-corrected chi connectivity index (χ4v) is 8.06. The van der Waals surface area contributed by atoms with E-state index in [2.05, 4.69) is 11.0 Å². The Morgan fingerprint density at radius 1 is 0.792 bits per heavy atom. The Bertz CT molecular complexity index is 2210. The van der Waals surface area contributed by atoms with Crippen molar-refractivity contribution >= 4 is 79.9 Å². The third-order valence-corrected chi connectivity index (χ3v) is 10.4. The molecule has 3 atom stereocenters. The third-order valence-electron chi connectivity index (χ3n) is 9.65. The Morgan fingerprint density at radius 3 is 1.77 bits per heavy atom. The van der Waals surface area contributed by atoms with Gasteiger partial charge < -0.3 is 24.6 Å². The molecule has 4 aliphatic rings. The van der Waals surface area contributed by atoms with Crippen molar-refractivity contribution in [3.8, 4) is 11.5 Å². The molecule has 0 saturated heterocycles. The van der Waals surface area contributed by atoms with Crippen LogP contribution in [0.4, 0.5) is 11.4 Å². The molecule has 3 aliphatic heterocycles. The molecular formula is C37H29Cl2N3O6. The van der Waals surface area contributed by atoms with E-state index in [1.807, 2.05) is 48.5 Å². The van der Waals surface area contributed by atoms with Gasteiger partial charge >= 0.3 is 11.9 Å². The summed E-state index contributed by atoms with van der Waals surface area (Å²) in [4.78, 5) is 55.9. The molecule has 11 heteroatoms. The minimum Gasteiger partial charge on any atom is -0.426 e. The number of hydrogen-bond donors (Lipinski definition) is 1. The van der Waals surface area contributed by atoms with Crippen LogP contribution in [0.3, 0.4) is 0 Å². The number of rotatable bonds is 6. The van der Waals surface area contributed by atoms with Crippen LogP contribution in [0.2, 0.25) is 0 Å². The van der Waals surface area contributed by atoms with E-state index in [4.69, 9.17) is 32.7 Å². The fraction of sp³-hybridized carbons (Fsp3) is 0.270. The van der Waals surface area contributed by atoms with Crippen molar-refractivity contribution in [2.45, 2.75) is 37.6 Å². The molecular weight excluding hydrogens is 653 g/mol. The molecule has 0 spiro atoms. The lowest BCUT2D eigenvalue weighted by atomic mass is 9.95. The Labute approximate surface area is 285 Å². The van der Waals surface area contributed by atoms with Crippen molar-refractivity contribution in [1.29, 1.82) is 0 Å². The molecule has 1 fully saturated rings. The minimum absolute atomic E-state index is 0.144. The van der Waals surface area contributed by atoms with Crippen molar-refractivity contribution in [2.75, 3.05) is 34.6 Å². The smallest absolute Gasteiger partial charge is 0.308 e. The number of fused-ring (bicyclic) bond motifs is 7. The van der Waals surface area contributed by atoms with Gasteiger partial charge in [0, 0.05) is 85.4 Å². The highest BCUT2D eigenvalue weighted by molar-refractivity contribution is 6.20. The Morgan fingerprint density at radius 2 is 1.27 bits per heavy atom. The summed E-state index contributed by atoms with van der Waals surface area (Å²) in [6.07, 6.45) is 0.409. The van der Waals surface area contributed by atoms with Crippen LogP contribution in [0.25, 0.3) is 21.5 Å². The molecule has 2 amide bonds. The number of anilines is 2. The van der Waals surface area contributed by atoms with Gasteiger partial charge in [-0.25, -0.2) is 0 Å². The first-order valence-electron chi connectivity index (χ1n) is 15.7. The second kappa shape index (κ2) is 11.1. The van der Waals surface area contributed by atoms with Gasteiger partial charge in [-0.15, -0.1) is 23.2 Å². The zero-order valence-electron chi connectivity index (χ0n) is 26.1. The predicted molar refractivity (Wildman–Crippen MR) is 183 cm³/mol. The molecule has 0 radical (unpaired) electrons. The first kappa shape index (κ1) is 30.5. The number of benzene rings is 4. The molecule has 2 unspecified atom stereocenters. The lowest BCUT2D eigenvalue weighted by Gasteiger charge is -2.26. The van der Waals surface area contributed by atoms with Crippen LogP contribution in [-0.2, 0) is 19.2 Å². The van der Waals surface area contributed by atoms with Crippen molar-refractivity contribution < 1.29 is 28.7 Å². The second-order valence-electron chi connectivity index (χ2n) is 12.6. The fourth-order valence-electron chi connectivity index (χ4n) is 7.56. The standard InChI is InChI=1S/C37H29Cl2N3O6/c1-19(43)47-31-12-29-33(26-9-5-3-7-24(26)31)21(15-38)17-41(29)35(45)28-11-23-14-37(23,40-28)36(46)42-18-22(16-39)34-27-10-6-4-8-25(27)32(13-30(34)42)48-20(2)44/h3-10,12-13,21-22,40H,14-18H2,1-2H3/t21-,22?,37?/m1/s1. The minimum atomic E-state index is -1.11. The molecule has 8 rings (SSSR count). The maximum absolute atomic E-state index is 14.4. The van der Waals surface area contributed by atoms with Gasteiger partial charge in [0.25, 0.3) is 11.8 Å². The summed E-state index contributed by atoms with van der Waals surface area (Å²) in [5, 5.41) is 6.49. The van der Waals surface area contributed by atoms with Crippen LogP contribution in [0.5, 0.6) is 11.5 Å². The van der Waals surface area contributed by atoms with Crippen molar-refractivity contribution in [3.05, 3.63) is 88.8 Å². The summed E-state index contributed by atoms with van der Waals surface area (Å²) in [6, 6.07) is 18.6. The van der Waals surface area contributed by atoms with Crippen LogP contribution in [0.1, 0.15) is 43.2 Å². The van der Waals surface area contributed by atoms with Gasteiger partial charge in [0.1, 0.15) is 17.2 Å². The van der Waals surface area contributed by atoms with Gasteiger partial charge in [-0.3, -0.25) is 19.2 Å². The first-order valence-corrected chi connectivity index (χ1v) is 16.7. The Kier molecular flexibility index (Phi) is 7.07. The first-order chi connectivity index (χ1) is 23.1. The third kappa shape index (κ3) is 4.53. The van der Waals surface area contributed by atoms with Crippen molar-refractivity contribution in [1.82, 2.24) is 5.32 Å². The number of carbonyl (C=O) groups excluding carboxylic acids is 4. The van der Waals surface area contributed by atoms with Gasteiger partial charge in [0.15, 0.2) is 5.54 Å². The number of carbonyl (C=O) groups is 4. The van der Waals surface area contributed by atoms with Crippen LogP contribution >= 0.6 is 23.2 Å². The molecule has 1 aliphatic carbocycles. The molecule has 48 heavy (non-hydrogen) atoms. The molecule has 0 aromatic heterocycles. The highest BCUT2D eigenvalue weighted by Crippen LogP contribution is 2.53. The van der Waals surface area contributed by atoms with E-state index >= 15 is 0 Å². The second-order valence-corrected chi connectivity index (χ2v) is 13.2. The maximum atomic E-state index is 14.4. The molecule has 4 aromatic rings. The van der Waals surface area contributed by atoms with Crippen molar-refractivity contribution in [2.24, 2.45) is 0 Å². The average Bonchev–Trinajstić information content (AvgIpc) is 3.35. The van der Waals surface area contributed by atoms with Gasteiger partial charge in [0.05, 0.1) is 11.4 Å². The topological polar surface area (TPSA) is 105 Å². The van der Waals surface area contributed by atoms with E-state index in [0.717, 1.165) is 32.7 Å². The monoisotopic (exact) mass is 681 g/mol. The van der Waals surface area contributed by atoms with Gasteiger partial charge in [-0.1, -0.05) is 54.3 Å². The van der Waals surface area contributed by atoms with Crippen LogP contribution in [0, 0.1) is 0 Å². The number of nitrogens with zero attached hydrogens (tertiary/aromatic N) is 2. The summed E-state index contributed by atoms with van der Waals surface area (Å²) >= 11 is 12.9. The molecule has 1 N–H and O–H groups in total. The highest BCUT2D eigenvalue weighted by atomic mass is 35.5. The van der Waals surface area contributed by atoms with Crippen LogP contribution < -0.4 is 24.6 Å². The lowest BCUT2D eigenvalue weighted by molar-refractivity contribution is -0.132. The number of ether oxygens (including phenoxy) is 2. The number of alkyl halides is 2. The zero-order valence-corrected chi connectivity index (χ0v) is 27.6. The largest absolute Gasteiger partial charge is 0.426 e. The Hall–Kier alpha value is -4.82. The number of hydrogen-bond acceptors (Lipinski definition) is 7. The number of esters is 2. The van der Waals surface area contributed by atoms with E-state index in [1.54, 1.807) is 21.9 Å². The highest BCUT2D eigenvalue weighted by Gasteiger charge is 2.62. The normalized spacial score (nSPS) is 21.7. The quantitative estimate of drug-likeness (QED) is 0.115. The SMILES string of the molecule is CC(=O)Oc1cc2c(c3ccccc13)C(CCl)CN2C(=O)C12CC1=C=C(C(=O)N1C[C@@H](CCl)c3c1cc(OC(C)=O)c1ccccc31)N2. The molecule has 3 heterocycles. The van der Waals surface area contributed by atoms with Gasteiger partial charge in [0.2, 0.25) is 0 Å². The van der Waals surface area contributed by atoms with E-state index in [1.165, 1.54) is 13.8 Å². The van der Waals surface area contributed by atoms with E-state index < -0.39 is 17.5 Å². The lowest BCUT2D eigenvalue weighted by Crippen LogP contribution is -2.49. The molecule has 0 bridgehead atoms. The molecule has 9 nitrogen and oxygen atoms in total. The molecule has 1 saturated carbocycles. The maximum Gasteiger partial charge on any atom is 0.308 e. The summed E-state index contributed by atoms with van der Waals surface area (Å²) in [5.41, 5.74) is 6.01. The van der Waals surface area contributed by atoms with E-state index in [9.17, 15) is 19.2 Å². The van der Waals surface area contributed by atoms with Crippen LogP contribution in [-0.4, -0.2) is 54.1 Å². The van der Waals surface area contributed by atoms with Gasteiger partial charge in [-0.05, 0) is 21.9 Å². The van der Waals surface area contributed by atoms with Crippen molar-refractivity contribution in [3.63, 3.8) is 0 Å². The van der Waals surface area contributed by atoms with Crippen LogP contribution in [0.15, 0.2) is 77.7 Å². The predicted octanol–water partition coefficient (Wildman–Crippen LogP) is 6.04. The van der Waals surface area contributed by atoms with E-state index in [-0.39, 0.29) is 35.2 Å². The summed E-state index contributed by atoms with van der Waals surface area (Å²) in [6.45, 7) is 3.33. The van der Waals surface area contributed by atoms with Gasteiger partial charge in [-0.2, -0.15) is 0 Å².